The standard InChI is InChI=1S/C21H25N3O3S/c1-15(2)9-11-27-19-8-7-16(12-20(19)25-4)13-23-24-17(14-28-21(24)22-3)18-6-5-10-26-18/h5-8,10,12-15H,9,11H2,1-4H3. The largest absolute Gasteiger partial charge is 0.493 e. The van der Waals surface area contributed by atoms with Crippen LogP contribution in [0, 0.1) is 5.92 Å². The highest BCUT2D eigenvalue weighted by Gasteiger charge is 2.10. The Balaban J connectivity index is 1.84. The fraction of sp³-hybridized carbons (Fsp3) is 0.333. The van der Waals surface area contributed by atoms with Crippen molar-refractivity contribution in [2.45, 2.75) is 20.3 Å². The van der Waals surface area contributed by atoms with Gasteiger partial charge in [0.2, 0.25) is 4.80 Å². The molecule has 7 heteroatoms. The molecule has 0 spiro atoms. The first kappa shape index (κ1) is 19.9. The molecule has 3 aromatic rings. The molecule has 0 amide bonds. The van der Waals surface area contributed by atoms with Gasteiger partial charge in [-0.05, 0) is 48.2 Å². The van der Waals surface area contributed by atoms with Crippen molar-refractivity contribution in [1.82, 2.24) is 4.68 Å². The van der Waals surface area contributed by atoms with E-state index in [1.807, 2.05) is 35.7 Å². The molecule has 0 radical (unpaired) electrons. The van der Waals surface area contributed by atoms with Gasteiger partial charge in [-0.3, -0.25) is 4.99 Å². The Morgan fingerprint density at radius 1 is 1.25 bits per heavy atom. The van der Waals surface area contributed by atoms with Gasteiger partial charge in [-0.1, -0.05) is 13.8 Å². The number of methoxy groups -OCH3 is 1. The number of hydrogen-bond acceptors (Lipinski definition) is 6. The zero-order valence-corrected chi connectivity index (χ0v) is 17.4. The van der Waals surface area contributed by atoms with E-state index in [9.17, 15) is 0 Å². The van der Waals surface area contributed by atoms with Crippen LogP contribution in [0.15, 0.2) is 56.5 Å². The number of benzene rings is 1. The first-order valence-electron chi connectivity index (χ1n) is 9.14. The van der Waals surface area contributed by atoms with Gasteiger partial charge in [0.05, 0.1) is 26.2 Å². The highest BCUT2D eigenvalue weighted by molar-refractivity contribution is 7.07. The Labute approximate surface area is 168 Å². The van der Waals surface area contributed by atoms with Crippen molar-refractivity contribution in [3.05, 3.63) is 52.3 Å². The number of rotatable bonds is 8. The van der Waals surface area contributed by atoms with Crippen molar-refractivity contribution in [1.29, 1.82) is 0 Å². The summed E-state index contributed by atoms with van der Waals surface area (Å²) in [5.41, 5.74) is 1.76. The molecule has 2 aromatic heterocycles. The summed E-state index contributed by atoms with van der Waals surface area (Å²) in [7, 11) is 3.39. The van der Waals surface area contributed by atoms with Gasteiger partial charge in [0, 0.05) is 12.4 Å². The lowest BCUT2D eigenvalue weighted by molar-refractivity contribution is 0.273. The molecule has 148 valence electrons. The molecular weight excluding hydrogens is 374 g/mol. The van der Waals surface area contributed by atoms with E-state index in [1.54, 1.807) is 31.3 Å². The second-order valence-corrected chi connectivity index (χ2v) is 7.44. The summed E-state index contributed by atoms with van der Waals surface area (Å²) < 4.78 is 18.6. The van der Waals surface area contributed by atoms with Gasteiger partial charge < -0.3 is 13.9 Å². The molecule has 0 saturated carbocycles. The molecule has 0 N–H and O–H groups in total. The third-order valence-electron chi connectivity index (χ3n) is 4.11. The van der Waals surface area contributed by atoms with Crippen LogP contribution >= 0.6 is 11.3 Å². The van der Waals surface area contributed by atoms with E-state index in [1.165, 1.54) is 11.3 Å². The Morgan fingerprint density at radius 3 is 2.79 bits per heavy atom. The van der Waals surface area contributed by atoms with E-state index in [0.29, 0.717) is 18.3 Å². The van der Waals surface area contributed by atoms with Crippen molar-refractivity contribution in [3.8, 4) is 23.0 Å². The summed E-state index contributed by atoms with van der Waals surface area (Å²) in [5.74, 6) is 2.77. The summed E-state index contributed by atoms with van der Waals surface area (Å²) in [4.78, 5) is 5.07. The maximum atomic E-state index is 5.85. The van der Waals surface area contributed by atoms with Gasteiger partial charge in [0.25, 0.3) is 0 Å². The average molecular weight is 400 g/mol. The molecule has 0 fully saturated rings. The molecule has 6 nitrogen and oxygen atoms in total. The molecule has 0 atom stereocenters. The minimum Gasteiger partial charge on any atom is -0.493 e. The smallest absolute Gasteiger partial charge is 0.206 e. The predicted molar refractivity (Wildman–Crippen MR) is 112 cm³/mol. The van der Waals surface area contributed by atoms with Crippen LogP contribution in [-0.4, -0.2) is 31.7 Å². The number of nitrogens with zero attached hydrogens (tertiary/aromatic N) is 3. The summed E-state index contributed by atoms with van der Waals surface area (Å²) in [5, 5.41) is 6.58. The molecule has 2 heterocycles. The second-order valence-electron chi connectivity index (χ2n) is 6.60. The van der Waals surface area contributed by atoms with Crippen LogP contribution in [0.2, 0.25) is 0 Å². The van der Waals surface area contributed by atoms with Crippen LogP contribution in [0.4, 0.5) is 0 Å². The van der Waals surface area contributed by atoms with E-state index >= 15 is 0 Å². The van der Waals surface area contributed by atoms with Gasteiger partial charge in [-0.15, -0.1) is 11.3 Å². The summed E-state index contributed by atoms with van der Waals surface area (Å²) >= 11 is 1.51. The molecular formula is C21H25N3O3S. The van der Waals surface area contributed by atoms with Crippen LogP contribution in [0.1, 0.15) is 25.8 Å². The second kappa shape index (κ2) is 9.41. The van der Waals surface area contributed by atoms with Crippen molar-refractivity contribution >= 4 is 17.6 Å². The highest BCUT2D eigenvalue weighted by atomic mass is 32.1. The number of furan rings is 1. The van der Waals surface area contributed by atoms with Crippen LogP contribution in [0.5, 0.6) is 11.5 Å². The van der Waals surface area contributed by atoms with Crippen molar-refractivity contribution < 1.29 is 13.9 Å². The van der Waals surface area contributed by atoms with Crippen molar-refractivity contribution in [3.63, 3.8) is 0 Å². The van der Waals surface area contributed by atoms with E-state index in [0.717, 1.165) is 34.0 Å². The molecule has 0 aliphatic rings. The molecule has 0 bridgehead atoms. The maximum absolute atomic E-state index is 5.85. The van der Waals surface area contributed by atoms with Crippen LogP contribution in [0.25, 0.3) is 11.5 Å². The Bertz CT molecular complexity index is 985. The lowest BCUT2D eigenvalue weighted by Crippen LogP contribution is -2.11. The SMILES string of the molecule is CN=c1scc(-c2ccco2)n1N=Cc1ccc(OCCC(C)C)c(OC)c1. The van der Waals surface area contributed by atoms with Crippen LogP contribution in [-0.2, 0) is 0 Å². The van der Waals surface area contributed by atoms with Crippen molar-refractivity contribution in [2.75, 3.05) is 20.8 Å². The lowest BCUT2D eigenvalue weighted by Gasteiger charge is -2.12. The quantitative estimate of drug-likeness (QED) is 0.518. The lowest BCUT2D eigenvalue weighted by atomic mass is 10.1. The Hall–Kier alpha value is -2.80. The van der Waals surface area contributed by atoms with E-state index in [2.05, 4.69) is 23.9 Å². The topological polar surface area (TPSA) is 61.2 Å². The number of ether oxygens (including phenoxy) is 2. The summed E-state index contributed by atoms with van der Waals surface area (Å²) in [6, 6.07) is 9.54. The minimum atomic E-state index is 0.599. The third kappa shape index (κ3) is 4.72. The summed E-state index contributed by atoms with van der Waals surface area (Å²) in [6.07, 6.45) is 4.42. The highest BCUT2D eigenvalue weighted by Crippen LogP contribution is 2.28. The maximum Gasteiger partial charge on any atom is 0.206 e. The van der Waals surface area contributed by atoms with Gasteiger partial charge in [0.1, 0.15) is 5.69 Å². The molecule has 0 unspecified atom stereocenters. The van der Waals surface area contributed by atoms with Gasteiger partial charge in [-0.25, -0.2) is 4.68 Å². The minimum absolute atomic E-state index is 0.599. The average Bonchev–Trinajstić information content (AvgIpc) is 3.35. The number of thiazole rings is 1. The first-order valence-corrected chi connectivity index (χ1v) is 10.0. The van der Waals surface area contributed by atoms with Gasteiger partial charge >= 0.3 is 0 Å². The van der Waals surface area contributed by atoms with E-state index in [-0.39, 0.29) is 0 Å². The molecule has 28 heavy (non-hydrogen) atoms. The Kier molecular flexibility index (Phi) is 6.71. The zero-order valence-electron chi connectivity index (χ0n) is 16.6. The number of hydrogen-bond donors (Lipinski definition) is 0. The molecule has 0 aliphatic heterocycles. The summed E-state index contributed by atoms with van der Waals surface area (Å²) in [6.45, 7) is 5.02. The normalized spacial score (nSPS) is 12.2. The number of aromatic nitrogens is 1. The monoisotopic (exact) mass is 399 g/mol. The van der Waals surface area contributed by atoms with Gasteiger partial charge in [-0.2, -0.15) is 5.10 Å². The van der Waals surface area contributed by atoms with E-state index < -0.39 is 0 Å². The molecule has 1 aromatic carbocycles. The molecule has 0 saturated heterocycles. The zero-order chi connectivity index (χ0) is 19.9. The van der Waals surface area contributed by atoms with Crippen LogP contribution < -0.4 is 14.3 Å². The Morgan fingerprint density at radius 2 is 2.11 bits per heavy atom. The van der Waals surface area contributed by atoms with Crippen molar-refractivity contribution in [2.24, 2.45) is 16.0 Å². The fourth-order valence-electron chi connectivity index (χ4n) is 2.57. The molecule has 0 aliphatic carbocycles. The van der Waals surface area contributed by atoms with Crippen LogP contribution in [0.3, 0.4) is 0 Å². The van der Waals surface area contributed by atoms with Gasteiger partial charge in [0.15, 0.2) is 17.3 Å². The predicted octanol–water partition coefficient (Wildman–Crippen LogP) is 4.66. The van der Waals surface area contributed by atoms with E-state index in [4.69, 9.17) is 13.9 Å². The first-order chi connectivity index (χ1) is 13.6. The molecule has 3 rings (SSSR count). The fourth-order valence-corrected chi connectivity index (χ4v) is 3.35. The third-order valence-corrected chi connectivity index (χ3v) is 5.02.